The van der Waals surface area contributed by atoms with Crippen molar-refractivity contribution in [2.75, 3.05) is 18.5 Å². The van der Waals surface area contributed by atoms with Crippen LogP contribution in [-0.2, 0) is 7.05 Å². The molecule has 0 saturated heterocycles. The summed E-state index contributed by atoms with van der Waals surface area (Å²) in [7, 11) is 3.32. The minimum absolute atomic E-state index is 0.278. The summed E-state index contributed by atoms with van der Waals surface area (Å²) in [4.78, 5) is 25.7. The average molecular weight is 340 g/mol. The standard InChI is InChI=1S/C15H15Cl2N3O2/c1-4-7-18(2)14-13(9-21)19(3)15(22)20(14)10-5-6-11(16)12(17)8-10/h4-6,8-9H,1,7H2,2-3H3. The van der Waals surface area contributed by atoms with E-state index in [1.54, 1.807) is 43.3 Å². The third-order valence-corrected chi connectivity index (χ3v) is 4.06. The molecule has 1 aromatic heterocycles. The molecule has 0 radical (unpaired) electrons. The SMILES string of the molecule is C=CCN(C)c1c(C=O)n(C)c(=O)n1-c1ccc(Cl)c(Cl)c1. The van der Waals surface area contributed by atoms with Crippen LogP contribution in [0.1, 0.15) is 10.5 Å². The quantitative estimate of drug-likeness (QED) is 0.621. The van der Waals surface area contributed by atoms with Crippen molar-refractivity contribution in [2.45, 2.75) is 0 Å². The van der Waals surface area contributed by atoms with Crippen LogP contribution in [0.2, 0.25) is 10.0 Å². The van der Waals surface area contributed by atoms with Gasteiger partial charge in [0.1, 0.15) is 11.5 Å². The number of rotatable bonds is 5. The molecule has 0 fully saturated rings. The van der Waals surface area contributed by atoms with E-state index in [1.165, 1.54) is 9.13 Å². The smallest absolute Gasteiger partial charge is 0.334 e. The van der Waals surface area contributed by atoms with E-state index in [-0.39, 0.29) is 11.4 Å². The Bertz CT molecular complexity index is 793. The Morgan fingerprint density at radius 1 is 1.32 bits per heavy atom. The van der Waals surface area contributed by atoms with E-state index >= 15 is 0 Å². The first-order valence-electron chi connectivity index (χ1n) is 6.46. The molecule has 2 rings (SSSR count). The predicted octanol–water partition coefficient (Wildman–Crippen LogP) is 2.92. The number of nitrogens with zero attached hydrogens (tertiary/aromatic N) is 3. The van der Waals surface area contributed by atoms with Gasteiger partial charge in [-0.2, -0.15) is 0 Å². The summed E-state index contributed by atoms with van der Waals surface area (Å²) in [5.41, 5.74) is 0.473. The highest BCUT2D eigenvalue weighted by Crippen LogP contribution is 2.27. The van der Waals surface area contributed by atoms with Crippen molar-refractivity contribution in [3.63, 3.8) is 0 Å². The molecule has 2 aromatic rings. The summed E-state index contributed by atoms with van der Waals surface area (Å²) >= 11 is 12.0. The van der Waals surface area contributed by atoms with E-state index in [0.29, 0.717) is 34.4 Å². The Morgan fingerprint density at radius 3 is 2.55 bits per heavy atom. The maximum absolute atomic E-state index is 12.5. The maximum atomic E-state index is 12.5. The van der Waals surface area contributed by atoms with E-state index < -0.39 is 0 Å². The molecular formula is C15H15Cl2N3O2. The molecule has 0 aliphatic rings. The van der Waals surface area contributed by atoms with Crippen molar-refractivity contribution in [1.29, 1.82) is 0 Å². The largest absolute Gasteiger partial charge is 0.355 e. The normalized spacial score (nSPS) is 10.5. The van der Waals surface area contributed by atoms with Crippen molar-refractivity contribution in [1.82, 2.24) is 9.13 Å². The summed E-state index contributed by atoms with van der Waals surface area (Å²) in [6, 6.07) is 4.87. The fraction of sp³-hybridized carbons (Fsp3) is 0.200. The summed E-state index contributed by atoms with van der Waals surface area (Å²) < 4.78 is 2.72. The van der Waals surface area contributed by atoms with Crippen LogP contribution in [0.3, 0.4) is 0 Å². The second-order valence-electron chi connectivity index (χ2n) is 4.77. The zero-order chi connectivity index (χ0) is 16.4. The first-order valence-corrected chi connectivity index (χ1v) is 7.22. The molecule has 0 amide bonds. The van der Waals surface area contributed by atoms with Gasteiger partial charge in [0, 0.05) is 20.6 Å². The Balaban J connectivity index is 2.78. The molecule has 22 heavy (non-hydrogen) atoms. The number of likely N-dealkylation sites (N-methyl/N-ethyl adjacent to an activating group) is 1. The molecule has 7 heteroatoms. The van der Waals surface area contributed by atoms with Crippen LogP contribution < -0.4 is 10.6 Å². The first kappa shape index (κ1) is 16.4. The molecule has 0 saturated carbocycles. The molecule has 116 valence electrons. The summed E-state index contributed by atoms with van der Waals surface area (Å²) in [6.45, 7) is 4.15. The molecule has 1 heterocycles. The van der Waals surface area contributed by atoms with Gasteiger partial charge in [-0.3, -0.25) is 9.36 Å². The highest BCUT2D eigenvalue weighted by atomic mass is 35.5. The van der Waals surface area contributed by atoms with Crippen LogP contribution in [0.5, 0.6) is 0 Å². The van der Waals surface area contributed by atoms with Gasteiger partial charge in [0.05, 0.1) is 15.7 Å². The van der Waals surface area contributed by atoms with Crippen molar-refractivity contribution in [3.05, 3.63) is 57.1 Å². The number of carbonyl (C=O) groups is 1. The van der Waals surface area contributed by atoms with Crippen molar-refractivity contribution < 1.29 is 4.79 Å². The van der Waals surface area contributed by atoms with Gasteiger partial charge < -0.3 is 4.90 Å². The fourth-order valence-corrected chi connectivity index (χ4v) is 2.54. The molecule has 0 aliphatic carbocycles. The topological polar surface area (TPSA) is 47.2 Å². The zero-order valence-corrected chi connectivity index (χ0v) is 13.7. The molecule has 0 bridgehead atoms. The highest BCUT2D eigenvalue weighted by molar-refractivity contribution is 6.42. The number of imidazole rings is 1. The van der Waals surface area contributed by atoms with Crippen LogP contribution in [0, 0.1) is 0 Å². The zero-order valence-electron chi connectivity index (χ0n) is 12.2. The predicted molar refractivity (Wildman–Crippen MR) is 89.9 cm³/mol. The van der Waals surface area contributed by atoms with Gasteiger partial charge in [-0.25, -0.2) is 9.36 Å². The molecule has 0 atom stereocenters. The van der Waals surface area contributed by atoms with Gasteiger partial charge in [-0.05, 0) is 18.2 Å². The number of hydrogen-bond donors (Lipinski definition) is 0. The lowest BCUT2D eigenvalue weighted by Crippen LogP contribution is -2.25. The second-order valence-corrected chi connectivity index (χ2v) is 5.59. The van der Waals surface area contributed by atoms with E-state index in [0.717, 1.165) is 0 Å². The summed E-state index contributed by atoms with van der Waals surface area (Å²) in [5, 5.41) is 0.728. The molecule has 0 N–H and O–H groups in total. The van der Waals surface area contributed by atoms with Crippen LogP contribution in [0.4, 0.5) is 5.82 Å². The third-order valence-electron chi connectivity index (χ3n) is 3.32. The van der Waals surface area contributed by atoms with E-state index in [2.05, 4.69) is 6.58 Å². The molecule has 0 aliphatic heterocycles. The lowest BCUT2D eigenvalue weighted by atomic mass is 10.3. The van der Waals surface area contributed by atoms with Crippen LogP contribution in [0.25, 0.3) is 5.69 Å². The molecular weight excluding hydrogens is 325 g/mol. The van der Waals surface area contributed by atoms with Crippen LogP contribution >= 0.6 is 23.2 Å². The number of carbonyl (C=O) groups excluding carboxylic acids is 1. The Labute approximate surface area is 138 Å². The van der Waals surface area contributed by atoms with Crippen LogP contribution in [-0.4, -0.2) is 29.0 Å². The first-order chi connectivity index (χ1) is 10.4. The van der Waals surface area contributed by atoms with E-state index in [4.69, 9.17) is 23.2 Å². The van der Waals surface area contributed by atoms with Gasteiger partial charge >= 0.3 is 5.69 Å². The van der Waals surface area contributed by atoms with Gasteiger partial charge in [0.2, 0.25) is 0 Å². The Hall–Kier alpha value is -1.98. The fourth-order valence-electron chi connectivity index (χ4n) is 2.24. The minimum atomic E-state index is -0.341. The number of benzene rings is 1. The van der Waals surface area contributed by atoms with E-state index in [9.17, 15) is 9.59 Å². The molecule has 5 nitrogen and oxygen atoms in total. The van der Waals surface area contributed by atoms with Crippen molar-refractivity contribution in [3.8, 4) is 5.69 Å². The van der Waals surface area contributed by atoms with Gasteiger partial charge in [0.25, 0.3) is 0 Å². The summed E-state index contributed by atoms with van der Waals surface area (Å²) in [6.07, 6.45) is 2.34. The third kappa shape index (κ3) is 2.69. The number of hydrogen-bond acceptors (Lipinski definition) is 3. The van der Waals surface area contributed by atoms with Gasteiger partial charge in [0.15, 0.2) is 6.29 Å². The Morgan fingerprint density at radius 2 is 2.00 bits per heavy atom. The minimum Gasteiger partial charge on any atom is -0.355 e. The number of aldehydes is 1. The monoisotopic (exact) mass is 339 g/mol. The number of aromatic nitrogens is 2. The average Bonchev–Trinajstić information content (AvgIpc) is 2.74. The maximum Gasteiger partial charge on any atom is 0.334 e. The van der Waals surface area contributed by atoms with Crippen LogP contribution in [0.15, 0.2) is 35.6 Å². The molecule has 1 aromatic carbocycles. The Kier molecular flexibility index (Phi) is 4.78. The summed E-state index contributed by atoms with van der Waals surface area (Å²) in [5.74, 6) is 0.473. The molecule has 0 unspecified atom stereocenters. The van der Waals surface area contributed by atoms with Crippen molar-refractivity contribution >= 4 is 35.3 Å². The highest BCUT2D eigenvalue weighted by Gasteiger charge is 2.21. The van der Waals surface area contributed by atoms with Gasteiger partial charge in [-0.1, -0.05) is 29.3 Å². The van der Waals surface area contributed by atoms with Gasteiger partial charge in [-0.15, -0.1) is 6.58 Å². The second kappa shape index (κ2) is 6.42. The van der Waals surface area contributed by atoms with E-state index in [1.807, 2.05) is 0 Å². The molecule has 0 spiro atoms. The van der Waals surface area contributed by atoms with Crippen molar-refractivity contribution in [2.24, 2.45) is 7.05 Å². The number of anilines is 1. The number of halogens is 2. The lowest BCUT2D eigenvalue weighted by molar-refractivity contribution is 0.111. The lowest BCUT2D eigenvalue weighted by Gasteiger charge is -2.19.